The largest absolute Gasteiger partial charge is 0.460 e. The number of benzene rings is 2. The Hall–Kier alpha value is -2.35. The number of hydrogen-bond donors (Lipinski definition) is 1. The van der Waals surface area contributed by atoms with Gasteiger partial charge >= 0.3 is 5.97 Å². The first-order chi connectivity index (χ1) is 11.1. The lowest BCUT2D eigenvalue weighted by molar-refractivity contribution is -0.142. The molecule has 3 heteroatoms. The molecule has 0 amide bonds. The minimum atomic E-state index is -0.247. The van der Waals surface area contributed by atoms with Gasteiger partial charge in [0.1, 0.15) is 6.61 Å². The molecule has 1 N–H and O–H groups in total. The van der Waals surface area contributed by atoms with Crippen LogP contribution in [0.25, 0.3) is 16.3 Å². The van der Waals surface area contributed by atoms with E-state index >= 15 is 0 Å². The van der Waals surface area contributed by atoms with Gasteiger partial charge in [0.2, 0.25) is 0 Å². The highest BCUT2D eigenvalue weighted by molar-refractivity contribution is 5.86. The zero-order chi connectivity index (χ0) is 16.7. The van der Waals surface area contributed by atoms with Gasteiger partial charge in [-0.1, -0.05) is 43.3 Å². The molecule has 0 saturated heterocycles. The normalized spacial score (nSPS) is 10.2. The number of esters is 1. The first kappa shape index (κ1) is 17.0. The lowest BCUT2D eigenvalue weighted by Crippen LogP contribution is -2.08. The average Bonchev–Trinajstić information content (AvgIpc) is 2.58. The van der Waals surface area contributed by atoms with Crippen molar-refractivity contribution in [3.8, 4) is 0 Å². The van der Waals surface area contributed by atoms with Crippen LogP contribution in [0.1, 0.15) is 32.3 Å². The summed E-state index contributed by atoms with van der Waals surface area (Å²) >= 11 is 0. The fraction of sp³-hybridized carbons (Fsp3) is 0.300. The molecule has 0 unspecified atom stereocenters. The molecule has 2 rings (SSSR count). The second kappa shape index (κ2) is 8.33. The third kappa shape index (κ3) is 4.82. The zero-order valence-corrected chi connectivity index (χ0v) is 13.6. The Balaban J connectivity index is 2.23. The van der Waals surface area contributed by atoms with Crippen molar-refractivity contribution < 1.29 is 14.6 Å². The summed E-state index contributed by atoms with van der Waals surface area (Å²) in [5, 5.41) is 11.8. The third-order valence-electron chi connectivity index (χ3n) is 3.60. The van der Waals surface area contributed by atoms with Gasteiger partial charge in [0, 0.05) is 12.0 Å². The summed E-state index contributed by atoms with van der Waals surface area (Å²) in [7, 11) is 0. The number of aliphatic hydroxyl groups is 1. The fourth-order valence-electron chi connectivity index (χ4n) is 2.33. The Morgan fingerprint density at radius 3 is 2.61 bits per heavy atom. The number of ether oxygens (including phenoxy) is 1. The molecule has 0 aromatic heterocycles. The number of aliphatic hydroxyl groups excluding tert-OH is 1. The average molecular weight is 310 g/mol. The smallest absolute Gasteiger partial charge is 0.306 e. The highest BCUT2D eigenvalue weighted by Crippen LogP contribution is 2.20. The number of fused-ring (bicyclic) bond motifs is 1. The topological polar surface area (TPSA) is 46.5 Å². The molecule has 0 aliphatic carbocycles. The maximum absolute atomic E-state index is 11.4. The van der Waals surface area contributed by atoms with Crippen LogP contribution in [0.3, 0.4) is 0 Å². The van der Waals surface area contributed by atoms with Gasteiger partial charge in [-0.3, -0.25) is 4.79 Å². The minimum Gasteiger partial charge on any atom is -0.460 e. The molecule has 0 fully saturated rings. The molecule has 0 aliphatic rings. The Labute approximate surface area is 136 Å². The quantitative estimate of drug-likeness (QED) is 0.645. The van der Waals surface area contributed by atoms with Crippen LogP contribution in [0.5, 0.6) is 0 Å². The lowest BCUT2D eigenvalue weighted by Gasteiger charge is -2.06. The second-order valence-electron chi connectivity index (χ2n) is 5.48. The van der Waals surface area contributed by atoms with E-state index in [1.807, 2.05) is 32.0 Å². The molecule has 120 valence electrons. The summed E-state index contributed by atoms with van der Waals surface area (Å²) in [6.07, 6.45) is 1.15. The van der Waals surface area contributed by atoms with Crippen LogP contribution in [0.15, 0.2) is 53.8 Å². The van der Waals surface area contributed by atoms with Crippen LogP contribution in [0.2, 0.25) is 0 Å². The van der Waals surface area contributed by atoms with Crippen molar-refractivity contribution in [2.75, 3.05) is 13.2 Å². The van der Waals surface area contributed by atoms with Crippen LogP contribution in [-0.4, -0.2) is 24.3 Å². The Bertz CT molecular complexity index is 752. The number of hydrogen-bond acceptors (Lipinski definition) is 3. The van der Waals surface area contributed by atoms with Crippen molar-refractivity contribution in [1.29, 1.82) is 0 Å². The van der Waals surface area contributed by atoms with Gasteiger partial charge in [0.25, 0.3) is 0 Å². The number of carbonyl (C=O) groups excluding carboxylic acids is 1. The highest BCUT2D eigenvalue weighted by Gasteiger charge is 2.04. The first-order valence-corrected chi connectivity index (χ1v) is 7.85. The monoisotopic (exact) mass is 310 g/mol. The maximum Gasteiger partial charge on any atom is 0.306 e. The van der Waals surface area contributed by atoms with Crippen molar-refractivity contribution >= 4 is 22.3 Å². The summed E-state index contributed by atoms with van der Waals surface area (Å²) in [6.45, 7) is 3.77. The first-order valence-electron chi connectivity index (χ1n) is 7.85. The van der Waals surface area contributed by atoms with Gasteiger partial charge in [0.05, 0.1) is 6.61 Å². The zero-order valence-electron chi connectivity index (χ0n) is 13.6. The molecular weight excluding hydrogens is 288 g/mol. The molecule has 23 heavy (non-hydrogen) atoms. The van der Waals surface area contributed by atoms with Gasteiger partial charge in [-0.2, -0.15) is 0 Å². The number of carbonyl (C=O) groups is 1. The Morgan fingerprint density at radius 2 is 1.91 bits per heavy atom. The molecule has 0 bridgehead atoms. The van der Waals surface area contributed by atoms with Crippen molar-refractivity contribution in [3.05, 3.63) is 59.3 Å². The van der Waals surface area contributed by atoms with Crippen LogP contribution in [-0.2, 0) is 9.53 Å². The fourth-order valence-corrected chi connectivity index (χ4v) is 2.33. The van der Waals surface area contributed by atoms with Crippen molar-refractivity contribution in [3.63, 3.8) is 0 Å². The van der Waals surface area contributed by atoms with Crippen molar-refractivity contribution in [2.45, 2.75) is 26.7 Å². The van der Waals surface area contributed by atoms with E-state index in [4.69, 9.17) is 4.74 Å². The maximum atomic E-state index is 11.4. The molecule has 0 heterocycles. The van der Waals surface area contributed by atoms with E-state index in [0.717, 1.165) is 22.9 Å². The van der Waals surface area contributed by atoms with E-state index < -0.39 is 0 Å². The summed E-state index contributed by atoms with van der Waals surface area (Å²) in [6, 6.07) is 14.3. The number of rotatable bonds is 6. The van der Waals surface area contributed by atoms with Gasteiger partial charge in [-0.25, -0.2) is 0 Å². The van der Waals surface area contributed by atoms with Crippen molar-refractivity contribution in [2.24, 2.45) is 0 Å². The standard InChI is InChI=1S/C20H22O3/c1-3-6-20(22)23-14-16(13-21)11-15(2)18-10-9-17-7-4-5-8-19(17)12-18/h4-5,7-10,12,21H,3,6,13-14H2,1-2H3. The summed E-state index contributed by atoms with van der Waals surface area (Å²) < 4.78 is 5.13. The lowest BCUT2D eigenvalue weighted by atomic mass is 10.0. The predicted molar refractivity (Wildman–Crippen MR) is 93.0 cm³/mol. The van der Waals surface area contributed by atoms with Gasteiger partial charge < -0.3 is 9.84 Å². The molecule has 0 atom stereocenters. The Morgan fingerprint density at radius 1 is 1.17 bits per heavy atom. The van der Waals surface area contributed by atoms with Crippen LogP contribution >= 0.6 is 0 Å². The highest BCUT2D eigenvalue weighted by atomic mass is 16.5. The van der Waals surface area contributed by atoms with E-state index in [-0.39, 0.29) is 19.2 Å². The minimum absolute atomic E-state index is 0.0836. The van der Waals surface area contributed by atoms with E-state index in [1.165, 1.54) is 5.39 Å². The molecule has 2 aromatic rings. The van der Waals surface area contributed by atoms with Crippen LogP contribution in [0, 0.1) is 0 Å². The van der Waals surface area contributed by atoms with Gasteiger partial charge in [-0.05, 0) is 41.3 Å². The molecule has 3 nitrogen and oxygen atoms in total. The summed E-state index contributed by atoms with van der Waals surface area (Å²) in [5.41, 5.74) is 5.67. The SMILES string of the molecule is CCCC(=O)OCC(=C=C(C)c1ccc2ccccc2c1)CO. The van der Waals surface area contributed by atoms with E-state index in [1.54, 1.807) is 0 Å². The Kier molecular flexibility index (Phi) is 6.16. The van der Waals surface area contributed by atoms with E-state index in [9.17, 15) is 9.90 Å². The molecule has 0 radical (unpaired) electrons. The summed E-state index contributed by atoms with van der Waals surface area (Å²) in [5.74, 6) is -0.247. The van der Waals surface area contributed by atoms with Crippen LogP contribution < -0.4 is 0 Å². The molecular formula is C20H22O3. The van der Waals surface area contributed by atoms with Gasteiger partial charge in [-0.15, -0.1) is 5.73 Å². The van der Waals surface area contributed by atoms with Gasteiger partial charge in [0.15, 0.2) is 0 Å². The predicted octanol–water partition coefficient (Wildman–Crippen LogP) is 4.10. The van der Waals surface area contributed by atoms with E-state index in [0.29, 0.717) is 12.0 Å². The molecule has 0 spiro atoms. The second-order valence-corrected chi connectivity index (χ2v) is 5.48. The molecule has 0 aliphatic heterocycles. The van der Waals surface area contributed by atoms with Crippen molar-refractivity contribution in [1.82, 2.24) is 0 Å². The summed E-state index contributed by atoms with van der Waals surface area (Å²) in [4.78, 5) is 11.4. The molecule has 2 aromatic carbocycles. The molecule has 0 saturated carbocycles. The van der Waals surface area contributed by atoms with Crippen LogP contribution in [0.4, 0.5) is 0 Å². The van der Waals surface area contributed by atoms with E-state index in [2.05, 4.69) is 30.0 Å². The third-order valence-corrected chi connectivity index (χ3v) is 3.60.